The molecule has 1 aromatic heterocycles. The maximum atomic E-state index is 5.91. The van der Waals surface area contributed by atoms with Crippen molar-refractivity contribution < 1.29 is 4.74 Å². The summed E-state index contributed by atoms with van der Waals surface area (Å²) in [5.41, 5.74) is 7.71. The molecule has 18 heavy (non-hydrogen) atoms. The van der Waals surface area contributed by atoms with E-state index in [-0.39, 0.29) is 6.10 Å². The summed E-state index contributed by atoms with van der Waals surface area (Å²) in [6.45, 7) is 2.35. The van der Waals surface area contributed by atoms with Crippen LogP contribution in [0.15, 0.2) is 30.6 Å². The average molecular weight is 266 g/mol. The van der Waals surface area contributed by atoms with Gasteiger partial charge in [0.2, 0.25) is 0 Å². The molecule has 0 aliphatic heterocycles. The third kappa shape index (κ3) is 2.83. The molecule has 0 saturated heterocycles. The van der Waals surface area contributed by atoms with E-state index in [4.69, 9.17) is 22.1 Å². The fourth-order valence-corrected chi connectivity index (χ4v) is 1.98. The predicted octanol–water partition coefficient (Wildman–Crippen LogP) is 2.46. The van der Waals surface area contributed by atoms with Crippen LogP contribution < -0.4 is 10.5 Å². The predicted molar refractivity (Wildman–Crippen MR) is 71.8 cm³/mol. The molecular weight excluding hydrogens is 250 g/mol. The molecule has 5 heteroatoms. The number of halogens is 1. The Bertz CT molecular complexity index is 539. The highest BCUT2D eigenvalue weighted by Gasteiger charge is 2.14. The molecule has 0 fully saturated rings. The van der Waals surface area contributed by atoms with E-state index < -0.39 is 0 Å². The number of aryl methyl sites for hydroxylation is 2. The fourth-order valence-electron chi connectivity index (χ4n) is 1.76. The first-order chi connectivity index (χ1) is 8.60. The summed E-state index contributed by atoms with van der Waals surface area (Å²) in [6, 6.07) is 5.53. The summed E-state index contributed by atoms with van der Waals surface area (Å²) in [5.74, 6) is 0.790. The molecule has 0 bridgehead atoms. The van der Waals surface area contributed by atoms with Gasteiger partial charge in [0, 0.05) is 30.4 Å². The zero-order valence-electron chi connectivity index (χ0n) is 10.4. The number of ether oxygens (including phenoxy) is 1. The zero-order valence-corrected chi connectivity index (χ0v) is 11.2. The van der Waals surface area contributed by atoms with E-state index in [1.807, 2.05) is 32.3 Å². The second kappa shape index (κ2) is 5.42. The Hall–Kier alpha value is -1.52. The van der Waals surface area contributed by atoms with Gasteiger partial charge in [-0.3, -0.25) is 4.68 Å². The van der Waals surface area contributed by atoms with Gasteiger partial charge in [0.15, 0.2) is 0 Å². The van der Waals surface area contributed by atoms with Gasteiger partial charge in [-0.1, -0.05) is 11.6 Å². The quantitative estimate of drug-likeness (QED) is 0.924. The van der Waals surface area contributed by atoms with Crippen LogP contribution in [0.5, 0.6) is 5.75 Å². The van der Waals surface area contributed by atoms with Crippen LogP contribution in [0.4, 0.5) is 0 Å². The summed E-state index contributed by atoms with van der Waals surface area (Å²) in [7, 11) is 1.87. The van der Waals surface area contributed by atoms with Crippen molar-refractivity contribution in [1.82, 2.24) is 9.78 Å². The summed E-state index contributed by atoms with van der Waals surface area (Å²) >= 11 is 5.91. The lowest BCUT2D eigenvalue weighted by atomic mass is 10.2. The Morgan fingerprint density at radius 2 is 2.28 bits per heavy atom. The minimum Gasteiger partial charge on any atom is -0.484 e. The normalized spacial score (nSPS) is 12.4. The minimum atomic E-state index is -0.196. The number of nitrogens with two attached hydrogens (primary N) is 1. The summed E-state index contributed by atoms with van der Waals surface area (Å²) < 4.78 is 7.64. The molecule has 0 aliphatic rings. The molecule has 2 aromatic rings. The molecule has 96 valence electrons. The van der Waals surface area contributed by atoms with Crippen molar-refractivity contribution in [3.8, 4) is 5.75 Å². The summed E-state index contributed by atoms with van der Waals surface area (Å²) in [4.78, 5) is 0. The number of nitrogens with zero attached hydrogens (tertiary/aromatic N) is 2. The molecule has 2 rings (SSSR count). The molecule has 0 saturated carbocycles. The van der Waals surface area contributed by atoms with Crippen molar-refractivity contribution in [1.29, 1.82) is 0 Å². The lowest BCUT2D eigenvalue weighted by Gasteiger charge is -2.17. The van der Waals surface area contributed by atoms with Gasteiger partial charge < -0.3 is 10.5 Å². The first-order valence-electron chi connectivity index (χ1n) is 5.71. The summed E-state index contributed by atoms with van der Waals surface area (Å²) in [6.07, 6.45) is 3.48. The van der Waals surface area contributed by atoms with Gasteiger partial charge in [-0.05, 0) is 30.7 Å². The second-order valence-electron chi connectivity index (χ2n) is 4.20. The van der Waals surface area contributed by atoms with E-state index in [0.29, 0.717) is 11.6 Å². The van der Waals surface area contributed by atoms with Crippen LogP contribution in [0.25, 0.3) is 0 Å². The Balaban J connectivity index is 2.20. The Morgan fingerprint density at radius 1 is 1.50 bits per heavy atom. The van der Waals surface area contributed by atoms with Crippen molar-refractivity contribution in [2.24, 2.45) is 12.8 Å². The van der Waals surface area contributed by atoms with E-state index in [9.17, 15) is 0 Å². The lowest BCUT2D eigenvalue weighted by molar-refractivity contribution is 0.212. The highest BCUT2D eigenvalue weighted by atomic mass is 35.5. The molecule has 0 aliphatic carbocycles. The van der Waals surface area contributed by atoms with Crippen LogP contribution >= 0.6 is 11.6 Å². The molecule has 0 radical (unpaired) electrons. The number of hydrogen-bond acceptors (Lipinski definition) is 3. The van der Waals surface area contributed by atoms with Gasteiger partial charge in [-0.2, -0.15) is 5.10 Å². The largest absolute Gasteiger partial charge is 0.484 e. The highest BCUT2D eigenvalue weighted by molar-refractivity contribution is 6.30. The van der Waals surface area contributed by atoms with Crippen LogP contribution in [0.3, 0.4) is 0 Å². The topological polar surface area (TPSA) is 53.1 Å². The first-order valence-corrected chi connectivity index (χ1v) is 6.09. The van der Waals surface area contributed by atoms with Crippen molar-refractivity contribution in [3.05, 3.63) is 46.7 Å². The lowest BCUT2D eigenvalue weighted by Crippen LogP contribution is -2.18. The van der Waals surface area contributed by atoms with Crippen molar-refractivity contribution in [2.45, 2.75) is 13.0 Å². The third-order valence-corrected chi connectivity index (χ3v) is 2.95. The number of benzene rings is 1. The second-order valence-corrected chi connectivity index (χ2v) is 4.64. The molecule has 4 nitrogen and oxygen atoms in total. The molecule has 1 unspecified atom stereocenters. The maximum absolute atomic E-state index is 5.91. The molecule has 1 atom stereocenters. The van der Waals surface area contributed by atoms with E-state index >= 15 is 0 Å². The van der Waals surface area contributed by atoms with Crippen LogP contribution in [0.1, 0.15) is 17.2 Å². The van der Waals surface area contributed by atoms with Gasteiger partial charge >= 0.3 is 0 Å². The van der Waals surface area contributed by atoms with Gasteiger partial charge in [0.1, 0.15) is 11.9 Å². The molecular formula is C13H16ClN3O. The first kappa shape index (κ1) is 12.9. The van der Waals surface area contributed by atoms with Gasteiger partial charge in [0.05, 0.1) is 6.20 Å². The number of hydrogen-bond donors (Lipinski definition) is 1. The van der Waals surface area contributed by atoms with Gasteiger partial charge in [0.25, 0.3) is 0 Å². The summed E-state index contributed by atoms with van der Waals surface area (Å²) in [5, 5.41) is 4.82. The Morgan fingerprint density at radius 3 is 2.83 bits per heavy atom. The minimum absolute atomic E-state index is 0.196. The zero-order chi connectivity index (χ0) is 13.1. The van der Waals surface area contributed by atoms with Crippen molar-refractivity contribution in [3.63, 3.8) is 0 Å². The molecule has 0 spiro atoms. The molecule has 0 amide bonds. The number of rotatable bonds is 4. The molecule has 1 aromatic carbocycles. The van der Waals surface area contributed by atoms with Crippen molar-refractivity contribution in [2.75, 3.05) is 6.54 Å². The van der Waals surface area contributed by atoms with Crippen LogP contribution in [-0.2, 0) is 7.05 Å². The van der Waals surface area contributed by atoms with E-state index in [2.05, 4.69) is 5.10 Å². The standard InChI is InChI=1S/C13H16ClN3O/c1-9-5-11(14)3-4-12(9)18-13(6-15)10-7-16-17(2)8-10/h3-5,7-8,13H,6,15H2,1-2H3. The van der Waals surface area contributed by atoms with Crippen molar-refractivity contribution >= 4 is 11.6 Å². The molecule has 1 heterocycles. The van der Waals surface area contributed by atoms with Crippen LogP contribution in [0, 0.1) is 6.92 Å². The van der Waals surface area contributed by atoms with E-state index in [1.165, 1.54) is 0 Å². The van der Waals surface area contributed by atoms with Gasteiger partial charge in [-0.15, -0.1) is 0 Å². The number of aromatic nitrogens is 2. The SMILES string of the molecule is Cc1cc(Cl)ccc1OC(CN)c1cnn(C)c1. The van der Waals surface area contributed by atoms with E-state index in [1.54, 1.807) is 16.9 Å². The fraction of sp³-hybridized carbons (Fsp3) is 0.308. The van der Waals surface area contributed by atoms with Gasteiger partial charge in [-0.25, -0.2) is 0 Å². The maximum Gasteiger partial charge on any atom is 0.139 e. The highest BCUT2D eigenvalue weighted by Crippen LogP contribution is 2.26. The van der Waals surface area contributed by atoms with E-state index in [0.717, 1.165) is 16.9 Å². The van der Waals surface area contributed by atoms with Crippen LogP contribution in [0.2, 0.25) is 5.02 Å². The monoisotopic (exact) mass is 265 g/mol. The Labute approximate surface area is 111 Å². The third-order valence-electron chi connectivity index (χ3n) is 2.72. The average Bonchev–Trinajstić information content (AvgIpc) is 2.75. The molecule has 2 N–H and O–H groups in total. The smallest absolute Gasteiger partial charge is 0.139 e. The van der Waals surface area contributed by atoms with Crippen LogP contribution in [-0.4, -0.2) is 16.3 Å². The Kier molecular flexibility index (Phi) is 3.89.